The Morgan fingerprint density at radius 1 is 1.41 bits per heavy atom. The molecule has 1 aromatic carbocycles. The van der Waals surface area contributed by atoms with Crippen molar-refractivity contribution >= 4 is 39.9 Å². The number of aliphatic hydroxyl groups excluding tert-OH is 1. The first-order valence-electron chi connectivity index (χ1n) is 8.34. The van der Waals surface area contributed by atoms with Gasteiger partial charge in [0, 0.05) is 23.3 Å². The van der Waals surface area contributed by atoms with Crippen molar-refractivity contribution in [1.82, 2.24) is 10.0 Å². The number of pyridine rings is 1. The van der Waals surface area contributed by atoms with Gasteiger partial charge in [0.2, 0.25) is 0 Å². The minimum absolute atomic E-state index is 0.135. The molecule has 0 bridgehead atoms. The molecule has 144 valence electrons. The fourth-order valence-corrected chi connectivity index (χ4v) is 3.18. The van der Waals surface area contributed by atoms with E-state index in [0.717, 1.165) is 9.13 Å². The van der Waals surface area contributed by atoms with Gasteiger partial charge in [0.05, 0.1) is 36.3 Å². The van der Waals surface area contributed by atoms with Gasteiger partial charge in [-0.05, 0) is 52.8 Å². The van der Waals surface area contributed by atoms with Gasteiger partial charge in [-0.2, -0.15) is 0 Å². The Morgan fingerprint density at radius 2 is 2.22 bits per heavy atom. The van der Waals surface area contributed by atoms with Crippen molar-refractivity contribution < 1.29 is 23.9 Å². The lowest BCUT2D eigenvalue weighted by Gasteiger charge is -2.29. The summed E-state index contributed by atoms with van der Waals surface area (Å²) in [4.78, 5) is 22.5. The second-order valence-corrected chi connectivity index (χ2v) is 7.19. The SMILES string of the molecule is COC(O)CCON1CCc2cncc(Nc3ccc(I)cc3F)c2C1=O. The fraction of sp³-hybridized carbons (Fsp3) is 0.333. The lowest BCUT2D eigenvalue weighted by atomic mass is 10.0. The van der Waals surface area contributed by atoms with Crippen LogP contribution in [0.1, 0.15) is 22.3 Å². The molecule has 9 heteroatoms. The topological polar surface area (TPSA) is 83.9 Å². The molecule has 1 amide bonds. The van der Waals surface area contributed by atoms with Gasteiger partial charge >= 0.3 is 0 Å². The number of rotatable bonds is 7. The minimum atomic E-state index is -0.942. The third-order valence-electron chi connectivity index (χ3n) is 4.13. The minimum Gasteiger partial charge on any atom is -0.368 e. The second-order valence-electron chi connectivity index (χ2n) is 5.94. The van der Waals surface area contributed by atoms with Crippen LogP contribution in [0.15, 0.2) is 30.6 Å². The molecule has 27 heavy (non-hydrogen) atoms. The largest absolute Gasteiger partial charge is 0.368 e. The van der Waals surface area contributed by atoms with Gasteiger partial charge in [-0.15, -0.1) is 0 Å². The van der Waals surface area contributed by atoms with E-state index in [1.807, 2.05) is 22.6 Å². The van der Waals surface area contributed by atoms with Crippen LogP contribution in [0.3, 0.4) is 0 Å². The number of carbonyl (C=O) groups excluding carboxylic acids is 1. The maximum atomic E-state index is 14.2. The first-order valence-corrected chi connectivity index (χ1v) is 9.42. The zero-order valence-electron chi connectivity index (χ0n) is 14.6. The summed E-state index contributed by atoms with van der Waals surface area (Å²) in [6, 6.07) is 4.79. The Balaban J connectivity index is 1.79. The monoisotopic (exact) mass is 487 g/mol. The van der Waals surface area contributed by atoms with Crippen LogP contribution >= 0.6 is 22.6 Å². The molecule has 1 atom stereocenters. The van der Waals surface area contributed by atoms with Crippen molar-refractivity contribution in [3.63, 3.8) is 0 Å². The molecule has 2 N–H and O–H groups in total. The molecule has 0 spiro atoms. The summed E-state index contributed by atoms with van der Waals surface area (Å²) < 4.78 is 19.7. The lowest BCUT2D eigenvalue weighted by Crippen LogP contribution is -2.38. The number of nitrogens with zero attached hydrogens (tertiary/aromatic N) is 2. The number of hydroxylamine groups is 2. The smallest absolute Gasteiger partial charge is 0.279 e. The number of anilines is 2. The Bertz CT molecular complexity index is 836. The third kappa shape index (κ3) is 4.72. The quantitative estimate of drug-likeness (QED) is 0.462. The van der Waals surface area contributed by atoms with E-state index >= 15 is 0 Å². The van der Waals surface area contributed by atoms with E-state index in [0.29, 0.717) is 24.2 Å². The number of aliphatic hydroxyl groups is 1. The van der Waals surface area contributed by atoms with Gasteiger partial charge in [-0.1, -0.05) is 0 Å². The van der Waals surface area contributed by atoms with Crippen molar-refractivity contribution in [2.24, 2.45) is 0 Å². The Kier molecular flexibility index (Phi) is 6.58. The average molecular weight is 487 g/mol. The highest BCUT2D eigenvalue weighted by Crippen LogP contribution is 2.29. The van der Waals surface area contributed by atoms with Gasteiger partial charge in [-0.3, -0.25) is 14.6 Å². The molecule has 3 rings (SSSR count). The number of fused-ring (bicyclic) bond motifs is 1. The van der Waals surface area contributed by atoms with E-state index in [1.165, 1.54) is 24.4 Å². The second kappa shape index (κ2) is 8.91. The van der Waals surface area contributed by atoms with E-state index in [9.17, 15) is 14.3 Å². The van der Waals surface area contributed by atoms with E-state index in [2.05, 4.69) is 10.3 Å². The van der Waals surface area contributed by atoms with E-state index in [4.69, 9.17) is 9.57 Å². The van der Waals surface area contributed by atoms with Crippen LogP contribution in [0.4, 0.5) is 15.8 Å². The van der Waals surface area contributed by atoms with Crippen LogP contribution in [-0.2, 0) is 16.0 Å². The summed E-state index contributed by atoms with van der Waals surface area (Å²) in [5.74, 6) is -0.747. The number of aromatic nitrogens is 1. The summed E-state index contributed by atoms with van der Waals surface area (Å²) in [5.41, 5.74) is 1.86. The number of benzene rings is 1. The number of amides is 1. The molecule has 2 aromatic rings. The Hall–Kier alpha value is -1.82. The van der Waals surface area contributed by atoms with Crippen LogP contribution in [0.2, 0.25) is 0 Å². The molecule has 7 nitrogen and oxygen atoms in total. The third-order valence-corrected chi connectivity index (χ3v) is 4.80. The van der Waals surface area contributed by atoms with E-state index in [1.54, 1.807) is 18.3 Å². The van der Waals surface area contributed by atoms with Crippen molar-refractivity contribution in [3.05, 3.63) is 51.1 Å². The normalized spacial score (nSPS) is 14.8. The van der Waals surface area contributed by atoms with Crippen LogP contribution in [0.25, 0.3) is 0 Å². The molecule has 1 aliphatic rings. The maximum absolute atomic E-state index is 14.2. The summed E-state index contributed by atoms with van der Waals surface area (Å²) >= 11 is 2.03. The van der Waals surface area contributed by atoms with Crippen molar-refractivity contribution in [2.75, 3.05) is 25.6 Å². The predicted molar refractivity (Wildman–Crippen MR) is 105 cm³/mol. The predicted octanol–water partition coefficient (Wildman–Crippen LogP) is 2.85. The summed E-state index contributed by atoms with van der Waals surface area (Å²) in [6.07, 6.45) is 2.98. The fourth-order valence-electron chi connectivity index (χ4n) is 2.73. The highest BCUT2D eigenvalue weighted by atomic mass is 127. The van der Waals surface area contributed by atoms with Crippen molar-refractivity contribution in [2.45, 2.75) is 19.1 Å². The van der Waals surface area contributed by atoms with Crippen LogP contribution in [0, 0.1) is 9.39 Å². The zero-order valence-corrected chi connectivity index (χ0v) is 16.8. The van der Waals surface area contributed by atoms with Crippen LogP contribution < -0.4 is 5.32 Å². The molecule has 0 saturated heterocycles. The van der Waals surface area contributed by atoms with Crippen molar-refractivity contribution in [3.8, 4) is 0 Å². The highest BCUT2D eigenvalue weighted by Gasteiger charge is 2.28. The van der Waals surface area contributed by atoms with Crippen LogP contribution in [0.5, 0.6) is 0 Å². The Morgan fingerprint density at radius 3 is 2.96 bits per heavy atom. The van der Waals surface area contributed by atoms with Gasteiger partial charge in [-0.25, -0.2) is 9.45 Å². The molecule has 0 aliphatic carbocycles. The number of hydrogen-bond acceptors (Lipinski definition) is 6. The number of halogens is 2. The number of nitrogens with one attached hydrogen (secondary N) is 1. The number of methoxy groups -OCH3 is 1. The van der Waals surface area contributed by atoms with E-state index in [-0.39, 0.29) is 24.6 Å². The molecule has 1 aromatic heterocycles. The van der Waals surface area contributed by atoms with Crippen molar-refractivity contribution in [1.29, 1.82) is 0 Å². The first kappa shape index (κ1) is 19.9. The highest BCUT2D eigenvalue weighted by molar-refractivity contribution is 14.1. The number of ether oxygens (including phenoxy) is 1. The summed E-state index contributed by atoms with van der Waals surface area (Å²) in [6.45, 7) is 0.508. The molecular weight excluding hydrogens is 468 g/mol. The summed E-state index contributed by atoms with van der Waals surface area (Å²) in [5, 5.41) is 13.6. The zero-order chi connectivity index (χ0) is 19.4. The van der Waals surface area contributed by atoms with Gasteiger partial charge < -0.3 is 15.2 Å². The molecule has 1 unspecified atom stereocenters. The van der Waals surface area contributed by atoms with Crippen LogP contribution in [-0.4, -0.2) is 47.6 Å². The maximum Gasteiger partial charge on any atom is 0.279 e. The first-order chi connectivity index (χ1) is 13.0. The molecule has 0 radical (unpaired) electrons. The van der Waals surface area contributed by atoms with Gasteiger partial charge in [0.25, 0.3) is 5.91 Å². The van der Waals surface area contributed by atoms with Gasteiger partial charge in [0.15, 0.2) is 6.29 Å². The summed E-state index contributed by atoms with van der Waals surface area (Å²) in [7, 11) is 1.39. The number of carbonyl (C=O) groups is 1. The van der Waals surface area contributed by atoms with E-state index < -0.39 is 12.1 Å². The molecule has 0 saturated carbocycles. The molecule has 1 aliphatic heterocycles. The molecule has 0 fully saturated rings. The standard InChI is InChI=1S/C18H19FIN3O4/c1-26-16(24)5-7-27-23-6-4-11-9-21-10-15(17(11)18(23)25)22-14-3-2-12(20)8-13(14)19/h2-3,8-10,16,22,24H,4-7H2,1H3. The average Bonchev–Trinajstić information content (AvgIpc) is 2.65. The molecule has 2 heterocycles. The Labute approximate surface area is 169 Å². The molecular formula is C18H19FIN3O4. The lowest BCUT2D eigenvalue weighted by molar-refractivity contribution is -0.152. The number of hydrogen-bond donors (Lipinski definition) is 2. The van der Waals surface area contributed by atoms with Gasteiger partial charge in [0.1, 0.15) is 5.82 Å².